The summed E-state index contributed by atoms with van der Waals surface area (Å²) >= 11 is 1.71. The van der Waals surface area contributed by atoms with Gasteiger partial charge in [0.15, 0.2) is 5.96 Å². The molecule has 0 bridgehead atoms. The summed E-state index contributed by atoms with van der Waals surface area (Å²) in [5.74, 6) is 1.73. The normalized spacial score (nSPS) is 16.3. The molecule has 1 atom stereocenters. The van der Waals surface area contributed by atoms with Crippen molar-refractivity contribution in [2.24, 2.45) is 10.9 Å². The van der Waals surface area contributed by atoms with E-state index in [0.717, 1.165) is 42.1 Å². The number of thiazole rings is 1. The van der Waals surface area contributed by atoms with Crippen LogP contribution >= 0.6 is 35.3 Å². The molecule has 2 N–H and O–H groups in total. The van der Waals surface area contributed by atoms with Crippen molar-refractivity contribution in [1.82, 2.24) is 20.5 Å². The van der Waals surface area contributed by atoms with Gasteiger partial charge in [-0.1, -0.05) is 0 Å². The standard InChI is InChI=1S/C15H27N5S.HI/c1-11-19-13(10-21-11)7-8-17-15(16-2)18-9-14(20(3)4)12-5-6-12;/h10,12,14H,5-9H2,1-4H3,(H2,16,17,18);1H. The molecule has 1 aliphatic rings. The van der Waals surface area contributed by atoms with Crippen molar-refractivity contribution in [1.29, 1.82) is 0 Å². The van der Waals surface area contributed by atoms with Gasteiger partial charge in [0.2, 0.25) is 0 Å². The van der Waals surface area contributed by atoms with E-state index in [-0.39, 0.29) is 24.0 Å². The molecular formula is C15H28IN5S. The van der Waals surface area contributed by atoms with Crippen LogP contribution in [0.15, 0.2) is 10.4 Å². The Morgan fingerprint density at radius 3 is 2.68 bits per heavy atom. The monoisotopic (exact) mass is 437 g/mol. The van der Waals surface area contributed by atoms with Crippen LogP contribution in [0, 0.1) is 12.8 Å². The molecule has 1 aromatic rings. The predicted molar refractivity (Wildman–Crippen MR) is 106 cm³/mol. The van der Waals surface area contributed by atoms with Crippen LogP contribution in [0.5, 0.6) is 0 Å². The Bertz CT molecular complexity index is 468. The average molecular weight is 437 g/mol. The molecule has 1 heterocycles. The first-order valence-electron chi connectivity index (χ1n) is 7.62. The molecule has 0 radical (unpaired) electrons. The summed E-state index contributed by atoms with van der Waals surface area (Å²) in [5, 5.41) is 10.1. The minimum absolute atomic E-state index is 0. The summed E-state index contributed by atoms with van der Waals surface area (Å²) in [5.41, 5.74) is 1.16. The zero-order chi connectivity index (χ0) is 15.2. The average Bonchev–Trinajstić information content (AvgIpc) is 3.19. The highest BCUT2D eigenvalue weighted by molar-refractivity contribution is 14.0. The maximum atomic E-state index is 4.47. The fourth-order valence-electron chi connectivity index (χ4n) is 2.51. The number of hydrogen-bond donors (Lipinski definition) is 2. The summed E-state index contributed by atoms with van der Waals surface area (Å²) in [4.78, 5) is 11.1. The van der Waals surface area contributed by atoms with Crippen molar-refractivity contribution in [2.75, 3.05) is 34.2 Å². The van der Waals surface area contributed by atoms with Crippen LogP contribution < -0.4 is 10.6 Å². The lowest BCUT2D eigenvalue weighted by Gasteiger charge is -2.25. The van der Waals surface area contributed by atoms with Crippen LogP contribution in [0.3, 0.4) is 0 Å². The smallest absolute Gasteiger partial charge is 0.191 e. The van der Waals surface area contributed by atoms with E-state index in [0.29, 0.717) is 6.04 Å². The number of guanidine groups is 1. The molecule has 1 fully saturated rings. The molecule has 0 spiro atoms. The second-order valence-electron chi connectivity index (χ2n) is 5.86. The van der Waals surface area contributed by atoms with Gasteiger partial charge in [0.1, 0.15) is 0 Å². The highest BCUT2D eigenvalue weighted by Crippen LogP contribution is 2.34. The van der Waals surface area contributed by atoms with Crippen molar-refractivity contribution in [3.8, 4) is 0 Å². The van der Waals surface area contributed by atoms with E-state index in [9.17, 15) is 0 Å². The van der Waals surface area contributed by atoms with Gasteiger partial charge in [0.05, 0.1) is 10.7 Å². The maximum absolute atomic E-state index is 4.47. The van der Waals surface area contributed by atoms with Gasteiger partial charge in [-0.3, -0.25) is 4.99 Å². The van der Waals surface area contributed by atoms with Gasteiger partial charge in [-0.2, -0.15) is 0 Å². The molecule has 5 nitrogen and oxygen atoms in total. The Labute approximate surface area is 155 Å². The molecule has 0 amide bonds. The lowest BCUT2D eigenvalue weighted by Crippen LogP contribution is -2.46. The second-order valence-corrected chi connectivity index (χ2v) is 6.92. The van der Waals surface area contributed by atoms with Crippen LogP contribution in [-0.2, 0) is 6.42 Å². The van der Waals surface area contributed by atoms with Crippen molar-refractivity contribution in [3.05, 3.63) is 16.1 Å². The quantitative estimate of drug-likeness (QED) is 0.390. The Morgan fingerprint density at radius 1 is 1.45 bits per heavy atom. The van der Waals surface area contributed by atoms with Gasteiger partial charge < -0.3 is 15.5 Å². The highest BCUT2D eigenvalue weighted by atomic mass is 127. The Morgan fingerprint density at radius 2 is 2.18 bits per heavy atom. The van der Waals surface area contributed by atoms with Crippen LogP contribution in [0.2, 0.25) is 0 Å². The van der Waals surface area contributed by atoms with Gasteiger partial charge in [-0.05, 0) is 39.8 Å². The zero-order valence-electron chi connectivity index (χ0n) is 13.9. The first-order chi connectivity index (χ1) is 10.1. The largest absolute Gasteiger partial charge is 0.356 e. The van der Waals surface area contributed by atoms with Crippen molar-refractivity contribution >= 4 is 41.3 Å². The molecule has 22 heavy (non-hydrogen) atoms. The summed E-state index contributed by atoms with van der Waals surface area (Å²) in [6.45, 7) is 3.85. The third-order valence-corrected chi connectivity index (χ3v) is 4.69. The third-order valence-electron chi connectivity index (χ3n) is 3.87. The van der Waals surface area contributed by atoms with Crippen molar-refractivity contribution < 1.29 is 0 Å². The van der Waals surface area contributed by atoms with Crippen LogP contribution in [0.1, 0.15) is 23.5 Å². The lowest BCUT2D eigenvalue weighted by molar-refractivity contribution is 0.264. The minimum atomic E-state index is 0. The van der Waals surface area contributed by atoms with E-state index < -0.39 is 0 Å². The first kappa shape index (κ1) is 19.6. The first-order valence-corrected chi connectivity index (χ1v) is 8.50. The Balaban J connectivity index is 0.00000242. The molecule has 126 valence electrons. The highest BCUT2D eigenvalue weighted by Gasteiger charge is 2.32. The summed E-state index contributed by atoms with van der Waals surface area (Å²) in [6.07, 6.45) is 3.66. The lowest BCUT2D eigenvalue weighted by atomic mass is 10.1. The topological polar surface area (TPSA) is 52.6 Å². The number of nitrogens with one attached hydrogen (secondary N) is 2. The van der Waals surface area contributed by atoms with Gasteiger partial charge in [0.25, 0.3) is 0 Å². The Hall–Kier alpha value is -0.410. The fraction of sp³-hybridized carbons (Fsp3) is 0.733. The number of halogens is 1. The second kappa shape index (κ2) is 9.67. The van der Waals surface area contributed by atoms with E-state index in [1.54, 1.807) is 11.3 Å². The van der Waals surface area contributed by atoms with Crippen molar-refractivity contribution in [3.63, 3.8) is 0 Å². The number of aromatic nitrogens is 1. The molecular weight excluding hydrogens is 409 g/mol. The van der Waals surface area contributed by atoms with Crippen LogP contribution in [0.4, 0.5) is 0 Å². The molecule has 7 heteroatoms. The molecule has 1 aromatic heterocycles. The number of aliphatic imine (C=N–C) groups is 1. The summed E-state index contributed by atoms with van der Waals surface area (Å²) in [7, 11) is 6.14. The van der Waals surface area contributed by atoms with Gasteiger partial charge >= 0.3 is 0 Å². The van der Waals surface area contributed by atoms with E-state index in [1.165, 1.54) is 12.8 Å². The molecule has 0 aliphatic heterocycles. The number of aryl methyl sites for hydroxylation is 1. The molecule has 1 saturated carbocycles. The zero-order valence-corrected chi connectivity index (χ0v) is 17.1. The maximum Gasteiger partial charge on any atom is 0.191 e. The van der Waals surface area contributed by atoms with Crippen LogP contribution in [0.25, 0.3) is 0 Å². The number of hydrogen-bond acceptors (Lipinski definition) is 4. The van der Waals surface area contributed by atoms with Crippen LogP contribution in [-0.4, -0.2) is 56.1 Å². The number of nitrogens with zero attached hydrogens (tertiary/aromatic N) is 3. The van der Waals surface area contributed by atoms with Crippen molar-refractivity contribution in [2.45, 2.75) is 32.2 Å². The minimum Gasteiger partial charge on any atom is -0.356 e. The predicted octanol–water partition coefficient (Wildman–Crippen LogP) is 2.12. The molecule has 0 saturated heterocycles. The van der Waals surface area contributed by atoms with E-state index in [2.05, 4.69) is 45.0 Å². The summed E-state index contributed by atoms with van der Waals surface area (Å²) < 4.78 is 0. The molecule has 1 aliphatic carbocycles. The van der Waals surface area contributed by atoms with Gasteiger partial charge in [0, 0.05) is 38.0 Å². The van der Waals surface area contributed by atoms with E-state index in [4.69, 9.17) is 0 Å². The number of likely N-dealkylation sites (N-methyl/N-ethyl adjacent to an activating group) is 1. The Kier molecular flexibility index (Phi) is 8.63. The van der Waals surface area contributed by atoms with E-state index in [1.807, 2.05) is 14.0 Å². The molecule has 0 aromatic carbocycles. The number of rotatable bonds is 7. The molecule has 1 unspecified atom stereocenters. The van der Waals surface area contributed by atoms with E-state index >= 15 is 0 Å². The van der Waals surface area contributed by atoms with Gasteiger partial charge in [-0.25, -0.2) is 4.98 Å². The summed E-state index contributed by atoms with van der Waals surface area (Å²) in [6, 6.07) is 0.602. The third kappa shape index (κ3) is 6.37. The fourth-order valence-corrected chi connectivity index (χ4v) is 3.15. The molecule has 2 rings (SSSR count). The van der Waals surface area contributed by atoms with Gasteiger partial charge in [-0.15, -0.1) is 35.3 Å². The SMILES string of the molecule is CN=C(NCCc1csc(C)n1)NCC(C1CC1)N(C)C.I.